The molecule has 3 fully saturated rings. The van der Waals surface area contributed by atoms with E-state index in [1.54, 1.807) is 0 Å². The molecule has 1 aromatic rings. The fraction of sp³-hybridized carbons (Fsp3) is 0.636. The van der Waals surface area contributed by atoms with Gasteiger partial charge in [-0.2, -0.15) is 18.4 Å². The molecular formula is C22H26BrF3N2O7S2. The van der Waals surface area contributed by atoms with Gasteiger partial charge in [-0.25, -0.2) is 21.6 Å². The Hall–Kier alpha value is -1.89. The first-order chi connectivity index (χ1) is 17.1. The third-order valence-electron chi connectivity index (χ3n) is 6.53. The first-order valence-electron chi connectivity index (χ1n) is 11.5. The normalized spacial score (nSPS) is 24.8. The number of benzene rings is 1. The number of alkyl halides is 3. The van der Waals surface area contributed by atoms with Gasteiger partial charge in [0.25, 0.3) is 0 Å². The minimum atomic E-state index is -4.78. The van der Waals surface area contributed by atoms with Crippen molar-refractivity contribution in [2.45, 2.75) is 79.0 Å². The van der Waals surface area contributed by atoms with Crippen LogP contribution >= 0.6 is 15.9 Å². The van der Waals surface area contributed by atoms with Gasteiger partial charge in [0.15, 0.2) is 19.7 Å². The zero-order chi connectivity index (χ0) is 27.6. The Morgan fingerprint density at radius 2 is 1.78 bits per heavy atom. The van der Waals surface area contributed by atoms with E-state index in [2.05, 4.69) is 21.2 Å². The Balaban J connectivity index is 0.000000356. The largest absolute Gasteiger partial charge is 0.465 e. The van der Waals surface area contributed by atoms with Crippen molar-refractivity contribution in [1.29, 1.82) is 5.26 Å². The fourth-order valence-electron chi connectivity index (χ4n) is 4.33. The Bertz CT molecular complexity index is 1260. The van der Waals surface area contributed by atoms with Gasteiger partial charge in [-0.3, -0.25) is 0 Å². The maximum absolute atomic E-state index is 13.3. The van der Waals surface area contributed by atoms with Gasteiger partial charge < -0.3 is 15.2 Å². The molecule has 0 radical (unpaired) electrons. The number of ether oxygens (including phenoxy) is 1. The van der Waals surface area contributed by atoms with Gasteiger partial charge in [0.1, 0.15) is 5.54 Å². The number of halogens is 4. The second kappa shape index (κ2) is 11.1. The summed E-state index contributed by atoms with van der Waals surface area (Å²) in [7, 11) is -7.21. The summed E-state index contributed by atoms with van der Waals surface area (Å²) >= 11 is 2.95. The molecule has 1 heterocycles. The molecule has 4 rings (SSSR count). The second-order valence-electron chi connectivity index (χ2n) is 9.35. The summed E-state index contributed by atoms with van der Waals surface area (Å²) in [6, 6.07) is 4.94. The molecule has 0 bridgehead atoms. The maximum atomic E-state index is 13.3. The number of hydrogen-bond acceptors (Lipinski definition) is 7. The van der Waals surface area contributed by atoms with E-state index in [1.165, 1.54) is 6.07 Å². The second-order valence-corrected chi connectivity index (χ2v) is 14.8. The van der Waals surface area contributed by atoms with E-state index in [0.29, 0.717) is 32.1 Å². The van der Waals surface area contributed by atoms with Gasteiger partial charge in [0, 0.05) is 4.47 Å². The minimum Gasteiger partial charge on any atom is -0.465 e. The van der Waals surface area contributed by atoms with Crippen LogP contribution in [-0.2, 0) is 30.6 Å². The molecule has 9 nitrogen and oxygen atoms in total. The van der Waals surface area contributed by atoms with Crippen LogP contribution in [0.5, 0.6) is 0 Å². The number of carboxylic acid groups (broad SMARTS) is 1. The van der Waals surface area contributed by atoms with Crippen molar-refractivity contribution >= 4 is 41.7 Å². The summed E-state index contributed by atoms with van der Waals surface area (Å²) in [6.45, 7) is 0. The van der Waals surface area contributed by atoms with Gasteiger partial charge in [-0.15, -0.1) is 0 Å². The van der Waals surface area contributed by atoms with Crippen molar-refractivity contribution in [3.05, 3.63) is 28.2 Å². The van der Waals surface area contributed by atoms with E-state index < -0.39 is 59.3 Å². The van der Waals surface area contributed by atoms with Gasteiger partial charge in [0.2, 0.25) is 0 Å². The lowest BCUT2D eigenvalue weighted by atomic mass is 10.2. The Labute approximate surface area is 221 Å². The number of hydrogen-bond donors (Lipinski definition) is 2. The molecule has 15 heteroatoms. The van der Waals surface area contributed by atoms with Crippen molar-refractivity contribution in [3.63, 3.8) is 0 Å². The highest BCUT2D eigenvalue weighted by molar-refractivity contribution is 9.10. The quantitative estimate of drug-likeness (QED) is 0.494. The number of rotatable bonds is 5. The average Bonchev–Trinajstić information content (AvgIpc) is 3.39. The van der Waals surface area contributed by atoms with Gasteiger partial charge in [-0.05, 0) is 63.1 Å². The molecule has 0 aromatic heterocycles. The van der Waals surface area contributed by atoms with Crippen molar-refractivity contribution in [2.24, 2.45) is 0 Å². The summed E-state index contributed by atoms with van der Waals surface area (Å²) in [5.41, 5.74) is -1.91. The van der Waals surface area contributed by atoms with Gasteiger partial charge >= 0.3 is 12.3 Å². The molecule has 2 aliphatic carbocycles. The third kappa shape index (κ3) is 7.81. The summed E-state index contributed by atoms with van der Waals surface area (Å²) in [5, 5.41) is 17.7. The molecule has 1 aromatic carbocycles. The lowest BCUT2D eigenvalue weighted by Gasteiger charge is -2.25. The van der Waals surface area contributed by atoms with Crippen LogP contribution in [0.1, 0.15) is 50.5 Å². The molecule has 1 saturated heterocycles. The monoisotopic (exact) mass is 630 g/mol. The van der Waals surface area contributed by atoms with Crippen LogP contribution in [0.15, 0.2) is 27.6 Å². The van der Waals surface area contributed by atoms with E-state index in [9.17, 15) is 34.8 Å². The predicted octanol–water partition coefficient (Wildman–Crippen LogP) is 4.07. The third-order valence-corrected chi connectivity index (χ3v) is 11.0. The lowest BCUT2D eigenvalue weighted by molar-refractivity contribution is -0.139. The van der Waals surface area contributed by atoms with Crippen LogP contribution in [0.2, 0.25) is 0 Å². The molecule has 0 unspecified atom stereocenters. The molecule has 1 aliphatic heterocycles. The Morgan fingerprint density at radius 1 is 1.16 bits per heavy atom. The molecule has 2 saturated carbocycles. The van der Waals surface area contributed by atoms with Crippen molar-refractivity contribution in [2.75, 3.05) is 11.5 Å². The summed E-state index contributed by atoms with van der Waals surface area (Å²) in [6.07, 6.45) is -3.78. The van der Waals surface area contributed by atoms with Crippen molar-refractivity contribution in [3.8, 4) is 6.07 Å². The minimum absolute atomic E-state index is 0.0416. The summed E-state index contributed by atoms with van der Waals surface area (Å²) < 4.78 is 94.8. The van der Waals surface area contributed by atoms with E-state index >= 15 is 0 Å². The zero-order valence-electron chi connectivity index (χ0n) is 19.5. The van der Waals surface area contributed by atoms with Crippen LogP contribution in [0.4, 0.5) is 18.0 Å². The van der Waals surface area contributed by atoms with Gasteiger partial charge in [0.05, 0.1) is 45.5 Å². The summed E-state index contributed by atoms with van der Waals surface area (Å²) in [5.74, 6) is 0.0832. The molecule has 206 valence electrons. The van der Waals surface area contributed by atoms with E-state index in [4.69, 9.17) is 15.1 Å². The van der Waals surface area contributed by atoms with Crippen LogP contribution in [0.25, 0.3) is 0 Å². The highest BCUT2D eigenvalue weighted by atomic mass is 79.9. The smallest absolute Gasteiger partial charge is 0.417 e. The molecule has 2 N–H and O–H groups in total. The van der Waals surface area contributed by atoms with Crippen molar-refractivity contribution < 1.29 is 44.6 Å². The van der Waals surface area contributed by atoms with E-state index in [0.717, 1.165) is 12.1 Å². The van der Waals surface area contributed by atoms with Crippen LogP contribution in [-0.4, -0.2) is 62.5 Å². The number of sulfone groups is 2. The van der Waals surface area contributed by atoms with Crippen LogP contribution in [0.3, 0.4) is 0 Å². The van der Waals surface area contributed by atoms with Crippen molar-refractivity contribution in [1.82, 2.24) is 5.32 Å². The SMILES string of the molecule is N#CC1(NC(=O)O)CC1.O=S1(=O)CCC(O[C@H]2CC[C@H](S(=O)(=O)c3ccc(Br)cc3C(F)(F)F)C2)CC1. The van der Waals surface area contributed by atoms with Crippen LogP contribution < -0.4 is 5.32 Å². The molecule has 0 spiro atoms. The molecule has 1 amide bonds. The van der Waals surface area contributed by atoms with E-state index in [1.807, 2.05) is 6.07 Å². The van der Waals surface area contributed by atoms with Gasteiger partial charge in [-0.1, -0.05) is 15.9 Å². The average molecular weight is 631 g/mol. The highest BCUT2D eigenvalue weighted by Gasteiger charge is 2.45. The predicted molar refractivity (Wildman–Crippen MR) is 129 cm³/mol. The van der Waals surface area contributed by atoms with E-state index in [-0.39, 0.29) is 34.9 Å². The highest BCUT2D eigenvalue weighted by Crippen LogP contribution is 2.40. The first-order valence-corrected chi connectivity index (χ1v) is 15.6. The number of nitrogens with zero attached hydrogens (tertiary/aromatic N) is 1. The number of nitrogens with one attached hydrogen (secondary N) is 1. The fourth-order valence-corrected chi connectivity index (χ4v) is 8.15. The first kappa shape index (κ1) is 29.7. The van der Waals surface area contributed by atoms with Crippen LogP contribution in [0, 0.1) is 11.3 Å². The topological polar surface area (TPSA) is 151 Å². The molecule has 3 aliphatic rings. The maximum Gasteiger partial charge on any atom is 0.417 e. The Morgan fingerprint density at radius 3 is 2.27 bits per heavy atom. The number of amides is 1. The standard InChI is InChI=1S/C17H20BrF3O5S2.C5H6N2O2/c18-11-1-4-16(15(9-11)17(19,20)21)28(24,25)14-3-2-13(10-14)26-12-5-7-27(22,23)8-6-12;6-3-5(1-2-5)7-4(8)9/h1,4,9,12-14H,2-3,5-8,10H2;7H,1-2H2,(H,8,9)/t13-,14-;/m0./s1. The Kier molecular flexibility index (Phi) is 8.88. The zero-order valence-corrected chi connectivity index (χ0v) is 22.7. The summed E-state index contributed by atoms with van der Waals surface area (Å²) in [4.78, 5) is 9.24. The number of nitriles is 1. The molecular weight excluding hydrogens is 605 g/mol. The number of carbonyl (C=O) groups is 1. The molecule has 37 heavy (non-hydrogen) atoms. The lowest BCUT2D eigenvalue weighted by Crippen LogP contribution is -2.33. The molecule has 2 atom stereocenters.